The van der Waals surface area contributed by atoms with Crippen molar-refractivity contribution in [1.82, 2.24) is 54.9 Å². The molecular weight excluding hydrogens is 1490 g/mol. The number of amides is 9. The fraction of sp³-hybridized carbons (Fsp3) is 0.256. The van der Waals surface area contributed by atoms with Crippen molar-refractivity contribution in [3.63, 3.8) is 0 Å². The van der Waals surface area contributed by atoms with Gasteiger partial charge < -0.3 is 40.0 Å². The molecule has 0 atom stereocenters. The molecule has 0 spiro atoms. The van der Waals surface area contributed by atoms with Gasteiger partial charge in [-0.3, -0.25) is 26.1 Å². The number of nitrogens with one attached hydrogen (secondary N) is 6. The summed E-state index contributed by atoms with van der Waals surface area (Å²) in [4.78, 5) is 103. The third kappa shape index (κ3) is 27.1. The molecule has 0 radical (unpaired) electrons. The molecule has 7 aromatic heterocycles. The van der Waals surface area contributed by atoms with Crippen LogP contribution in [0.2, 0.25) is 10.0 Å². The summed E-state index contributed by atoms with van der Waals surface area (Å²) in [6.45, 7) is 20.6. The summed E-state index contributed by atoms with van der Waals surface area (Å²) < 4.78 is 26.5. The van der Waals surface area contributed by atoms with Crippen molar-refractivity contribution in [1.29, 1.82) is 0 Å². The quantitative estimate of drug-likeness (QED) is 0.0664. The van der Waals surface area contributed by atoms with Crippen molar-refractivity contribution in [3.8, 4) is 11.1 Å². The van der Waals surface area contributed by atoms with Crippen LogP contribution in [0.15, 0.2) is 225 Å². The number of hydrogen-bond donors (Lipinski definition) is 6. The van der Waals surface area contributed by atoms with Gasteiger partial charge in [-0.25, -0.2) is 62.8 Å². The van der Waals surface area contributed by atoms with Gasteiger partial charge in [0.25, 0.3) is 5.91 Å². The minimum absolute atomic E-state index is 0.0925. The van der Waals surface area contributed by atoms with Crippen LogP contribution in [0.4, 0.5) is 74.4 Å². The first-order valence-electron chi connectivity index (χ1n) is 37.4. The molecule has 3 aliphatic rings. The second-order valence-electron chi connectivity index (χ2n) is 27.3. The summed E-state index contributed by atoms with van der Waals surface area (Å²) in [6.07, 6.45) is 14.7. The lowest BCUT2D eigenvalue weighted by atomic mass is 10.0. The number of carbonyl (C=O) groups excluding carboxylic acids is 5. The Bertz CT molecular complexity index is 4770. The van der Waals surface area contributed by atoms with E-state index < -0.39 is 11.6 Å². The maximum Gasteiger partial charge on any atom is 0.323 e. The molecule has 3 fully saturated rings. The maximum atomic E-state index is 13.4. The van der Waals surface area contributed by atoms with Crippen LogP contribution < -0.4 is 46.6 Å². The molecule has 10 heterocycles. The second kappa shape index (κ2) is 42.7. The monoisotopic (exact) mass is 1580 g/mol. The van der Waals surface area contributed by atoms with Gasteiger partial charge in [0.15, 0.2) is 11.6 Å². The Labute approximate surface area is 673 Å². The normalized spacial score (nSPS) is 13.3. The minimum Gasteiger partial charge on any atom is -0.370 e. The predicted octanol–water partition coefficient (Wildman–Crippen LogP) is 17.1. The smallest absolute Gasteiger partial charge is 0.323 e. The topological polar surface area (TPSA) is 267 Å². The number of pyridine rings is 7. The van der Waals surface area contributed by atoms with E-state index in [1.807, 2.05) is 184 Å². The molecule has 0 aliphatic carbocycles. The summed E-state index contributed by atoms with van der Waals surface area (Å²) >= 11 is 11.7. The average Bonchev–Trinajstić information content (AvgIpc) is 1.71. The van der Waals surface area contributed by atoms with Crippen molar-refractivity contribution in [2.24, 2.45) is 0 Å². The first kappa shape index (κ1) is 83.8. The van der Waals surface area contributed by atoms with Gasteiger partial charge in [-0.1, -0.05) is 114 Å². The van der Waals surface area contributed by atoms with Crippen molar-refractivity contribution in [3.05, 3.63) is 292 Å². The van der Waals surface area contributed by atoms with E-state index in [-0.39, 0.29) is 30.0 Å². The van der Waals surface area contributed by atoms with E-state index >= 15 is 0 Å². The van der Waals surface area contributed by atoms with Crippen LogP contribution in [0.25, 0.3) is 11.1 Å². The summed E-state index contributed by atoms with van der Waals surface area (Å²) in [7, 11) is 0. The number of urea groups is 4. The molecule has 11 aromatic rings. The third-order valence-electron chi connectivity index (χ3n) is 18.2. The third-order valence-corrected chi connectivity index (χ3v) is 18.7. The summed E-state index contributed by atoms with van der Waals surface area (Å²) in [5.41, 5.74) is 10.8. The number of halogens is 4. The highest BCUT2D eigenvalue weighted by Crippen LogP contribution is 2.25. The Hall–Kier alpha value is -12.7. The van der Waals surface area contributed by atoms with Gasteiger partial charge in [-0.05, 0) is 196 Å². The molecule has 0 bridgehead atoms. The minimum atomic E-state index is -0.859. The molecule has 114 heavy (non-hydrogen) atoms. The Morgan fingerprint density at radius 1 is 0.351 bits per heavy atom. The van der Waals surface area contributed by atoms with E-state index in [2.05, 4.69) is 82.7 Å². The molecule has 0 saturated carbocycles. The van der Waals surface area contributed by atoms with Crippen LogP contribution in [0, 0.1) is 53.2 Å². The molecule has 28 heteroatoms. The van der Waals surface area contributed by atoms with Crippen molar-refractivity contribution in [2.45, 2.75) is 67.3 Å². The zero-order valence-electron chi connectivity index (χ0n) is 64.5. The van der Waals surface area contributed by atoms with Gasteiger partial charge in [0.05, 0.1) is 5.02 Å². The average molecular weight is 1580 g/mol. The van der Waals surface area contributed by atoms with E-state index in [1.54, 1.807) is 84.5 Å². The molecular formula is C86H93Cl2F2N19O5. The summed E-state index contributed by atoms with van der Waals surface area (Å²) in [6, 6.07) is 54.5. The first-order chi connectivity index (χ1) is 55.1. The van der Waals surface area contributed by atoms with Crippen LogP contribution >= 0.6 is 23.2 Å². The Morgan fingerprint density at radius 2 is 0.754 bits per heavy atom. The molecule has 3 saturated heterocycles. The van der Waals surface area contributed by atoms with Gasteiger partial charge in [-0.2, -0.15) is 0 Å². The lowest BCUT2D eigenvalue weighted by Gasteiger charge is -2.24. The number of carbonyl (C=O) groups is 5. The number of anilines is 8. The number of benzene rings is 4. The zero-order chi connectivity index (χ0) is 80.7. The molecule has 14 rings (SSSR count). The fourth-order valence-corrected chi connectivity index (χ4v) is 12.1. The van der Waals surface area contributed by atoms with Crippen molar-refractivity contribution in [2.75, 3.05) is 120 Å². The lowest BCUT2D eigenvalue weighted by molar-refractivity contribution is 0.102. The van der Waals surface area contributed by atoms with Gasteiger partial charge in [-0.15, -0.1) is 0 Å². The zero-order valence-corrected chi connectivity index (χ0v) is 66.1. The van der Waals surface area contributed by atoms with E-state index in [0.29, 0.717) is 103 Å². The van der Waals surface area contributed by atoms with E-state index in [1.165, 1.54) is 6.07 Å². The molecule has 3 aliphatic heterocycles. The number of aromatic nitrogens is 7. The Kier molecular flexibility index (Phi) is 31.3. The predicted molar refractivity (Wildman–Crippen MR) is 449 cm³/mol. The fourth-order valence-electron chi connectivity index (χ4n) is 11.8. The maximum absolute atomic E-state index is 13.4. The van der Waals surface area contributed by atoms with Gasteiger partial charge in [0.1, 0.15) is 40.7 Å². The van der Waals surface area contributed by atoms with Gasteiger partial charge in [0, 0.05) is 151 Å². The van der Waals surface area contributed by atoms with Crippen LogP contribution in [-0.2, 0) is 6.54 Å². The van der Waals surface area contributed by atoms with Crippen LogP contribution in [0.3, 0.4) is 0 Å². The summed E-state index contributed by atoms with van der Waals surface area (Å²) in [5.74, 6) is 2.75. The molecule has 590 valence electrons. The number of rotatable bonds is 12. The molecule has 6 N–H and O–H groups in total. The molecule has 0 unspecified atom stereocenters. The highest BCUT2D eigenvalue weighted by atomic mass is 35.5. The van der Waals surface area contributed by atoms with Crippen molar-refractivity contribution >= 4 is 99.6 Å². The summed E-state index contributed by atoms with van der Waals surface area (Å²) in [5, 5.41) is 18.0. The van der Waals surface area contributed by atoms with E-state index in [4.69, 9.17) is 23.2 Å². The Morgan fingerprint density at radius 3 is 1.18 bits per heavy atom. The second-order valence-corrected chi connectivity index (χ2v) is 28.2. The van der Waals surface area contributed by atoms with E-state index in [9.17, 15) is 32.8 Å². The number of hydrogen-bond acceptors (Lipinski definition) is 15. The van der Waals surface area contributed by atoms with Crippen LogP contribution in [0.1, 0.15) is 68.6 Å². The van der Waals surface area contributed by atoms with Crippen molar-refractivity contribution < 1.29 is 32.8 Å². The number of nitrogens with zero attached hydrogens (tertiary/aromatic N) is 13. The lowest BCUT2D eigenvalue weighted by Crippen LogP contribution is -2.38. The van der Waals surface area contributed by atoms with Gasteiger partial charge >= 0.3 is 24.1 Å². The van der Waals surface area contributed by atoms with E-state index in [0.717, 1.165) is 120 Å². The molecule has 9 amide bonds. The Balaban J connectivity index is 0.000000151. The standard InChI is InChI=1S/C19H16N2O.C18H20F2N4O.C18H23N5O.C17H20ClN5O.C14H14ClN3O/c1-14-10-11-18(20-13-14)21-19(22)17-9-5-8-16(12-17)15-6-3-2-4-7-15;1-13-3-6-17(21-12-13)22-18(25)24-8-2-7-23(9-10-24)14-4-5-15(19)16(20)11-14;1-14-4-6-16(19-12-14)21-18(24)23-9-3-8-22(10-11-23)17-7-5-15(2)13-20-17;1-13-3-5-15(19-11-13)21-17(24)23-8-2-7-22(9-10-23)16-6-4-14(18)12-20-16;1-10-2-7-13(16-8-10)18-14(19)17-9-11-3-5-12(15)6-4-11/h2-13H,1H3,(H,20,21,22);3-6,11-12H,2,7-10H2,1H3,(H,21,22,25);4-7,12-13H,3,8-11H2,1-2H3,(H,19,21,24);3-6,11-12H,2,7-10H2,1H3,(H,19,21,24);2-8H,9H2,1H3,(H2,16,17,18,19). The SMILES string of the molecule is Cc1ccc(NC(=O)N2CCCN(c3ccc(C)cn3)CC2)nc1.Cc1ccc(NC(=O)N2CCCN(c3ccc(Cl)cn3)CC2)nc1.Cc1ccc(NC(=O)N2CCCN(c3ccc(F)c(F)c3)CC2)nc1.Cc1ccc(NC(=O)NCc2ccc(Cl)cc2)nc1.Cc1ccc(NC(=O)c2cccc(-c3ccccc3)c2)nc1. The molecule has 24 nitrogen and oxygen atoms in total. The largest absolute Gasteiger partial charge is 0.370 e. The van der Waals surface area contributed by atoms with Crippen LogP contribution in [-0.4, -0.2) is 158 Å². The van der Waals surface area contributed by atoms with Gasteiger partial charge in [0.2, 0.25) is 0 Å². The highest BCUT2D eigenvalue weighted by molar-refractivity contribution is 6.30. The number of aryl methyl sites for hydroxylation is 6. The molecule has 4 aromatic carbocycles. The van der Waals surface area contributed by atoms with Crippen LogP contribution in [0.5, 0.6) is 0 Å². The first-order valence-corrected chi connectivity index (χ1v) is 38.2. The highest BCUT2D eigenvalue weighted by Gasteiger charge is 2.24.